The monoisotopic (exact) mass is 266 g/mol. The molecule has 18 heavy (non-hydrogen) atoms. The Labute approximate surface area is 107 Å². The van der Waals surface area contributed by atoms with Gasteiger partial charge in [0.1, 0.15) is 0 Å². The van der Waals surface area contributed by atoms with Crippen LogP contribution in [0.3, 0.4) is 0 Å². The normalized spacial score (nSPS) is 10.1. The number of hydrogen-bond acceptors (Lipinski definition) is 7. The zero-order chi connectivity index (χ0) is 13.1. The average Bonchev–Trinajstić information content (AvgIpc) is 2.90. The number of hydrogen-bond donors (Lipinski definition) is 1. The Morgan fingerprint density at radius 2 is 1.89 bits per heavy atom. The summed E-state index contributed by atoms with van der Waals surface area (Å²) in [5.41, 5.74) is 5.26. The van der Waals surface area contributed by atoms with Crippen LogP contribution in [0.2, 0.25) is 0 Å². The fourth-order valence-electron chi connectivity index (χ4n) is 1.36. The average molecular weight is 266 g/mol. The number of ether oxygens (including phenoxy) is 2. The molecule has 1 amide bonds. The molecule has 0 unspecified atom stereocenters. The van der Waals surface area contributed by atoms with Crippen LogP contribution in [0.25, 0.3) is 10.8 Å². The Bertz CT molecular complexity index is 546. The van der Waals surface area contributed by atoms with Crippen LogP contribution < -0.4 is 15.2 Å². The zero-order valence-electron chi connectivity index (χ0n) is 9.71. The minimum absolute atomic E-state index is 0.0142. The maximum absolute atomic E-state index is 11.3. The van der Waals surface area contributed by atoms with Gasteiger partial charge in [-0.1, -0.05) is 0 Å². The number of amides is 1. The highest BCUT2D eigenvalue weighted by atomic mass is 32.1. The lowest BCUT2D eigenvalue weighted by atomic mass is 10.3. The number of aromatic nitrogens is 3. The van der Waals surface area contributed by atoms with E-state index >= 15 is 0 Å². The maximum atomic E-state index is 11.3. The van der Waals surface area contributed by atoms with Gasteiger partial charge in [-0.15, -0.1) is 11.3 Å². The van der Waals surface area contributed by atoms with Crippen molar-refractivity contribution >= 4 is 17.2 Å². The largest absolute Gasteiger partial charge is 0.480 e. The highest BCUT2D eigenvalue weighted by Gasteiger charge is 2.21. The quantitative estimate of drug-likeness (QED) is 0.875. The first-order valence-electron chi connectivity index (χ1n) is 4.87. The molecule has 0 saturated heterocycles. The van der Waals surface area contributed by atoms with E-state index in [9.17, 15) is 4.79 Å². The Morgan fingerprint density at radius 1 is 1.28 bits per heavy atom. The van der Waals surface area contributed by atoms with Crippen LogP contribution in [0.1, 0.15) is 10.4 Å². The van der Waals surface area contributed by atoms with Gasteiger partial charge in [-0.25, -0.2) is 4.98 Å². The summed E-state index contributed by atoms with van der Waals surface area (Å²) in [7, 11) is 2.78. The van der Waals surface area contributed by atoms with Gasteiger partial charge in [-0.2, -0.15) is 9.97 Å². The predicted molar refractivity (Wildman–Crippen MR) is 64.8 cm³/mol. The first-order valence-corrected chi connectivity index (χ1v) is 5.75. The van der Waals surface area contributed by atoms with E-state index in [1.807, 2.05) is 0 Å². The van der Waals surface area contributed by atoms with Crippen LogP contribution in [-0.4, -0.2) is 35.1 Å². The van der Waals surface area contributed by atoms with E-state index in [4.69, 9.17) is 15.2 Å². The van der Waals surface area contributed by atoms with E-state index in [-0.39, 0.29) is 17.3 Å². The number of nitrogens with zero attached hydrogens (tertiary/aromatic N) is 3. The fraction of sp³-hybridized carbons (Fsp3) is 0.200. The SMILES string of the molecule is COc1nc(-c2nccs2)nc(OC)c1C(N)=O. The third kappa shape index (κ3) is 2.09. The molecule has 0 bridgehead atoms. The molecular formula is C10H10N4O3S. The molecule has 94 valence electrons. The second-order valence-electron chi connectivity index (χ2n) is 3.14. The van der Waals surface area contributed by atoms with Crippen LogP contribution in [0.4, 0.5) is 0 Å². The summed E-state index contributed by atoms with van der Waals surface area (Å²) in [4.78, 5) is 23.6. The molecule has 0 radical (unpaired) electrons. The van der Waals surface area contributed by atoms with Gasteiger partial charge in [0.05, 0.1) is 14.2 Å². The van der Waals surface area contributed by atoms with Crippen molar-refractivity contribution in [1.82, 2.24) is 15.0 Å². The molecule has 0 saturated carbocycles. The number of thiazole rings is 1. The Morgan fingerprint density at radius 3 is 2.28 bits per heavy atom. The van der Waals surface area contributed by atoms with Gasteiger partial charge in [0, 0.05) is 11.6 Å². The third-order valence-corrected chi connectivity index (χ3v) is 2.87. The molecule has 2 aromatic rings. The van der Waals surface area contributed by atoms with Crippen molar-refractivity contribution in [1.29, 1.82) is 0 Å². The smallest absolute Gasteiger partial charge is 0.259 e. The van der Waals surface area contributed by atoms with Crippen molar-refractivity contribution in [3.05, 3.63) is 17.1 Å². The first-order chi connectivity index (χ1) is 8.67. The third-order valence-electron chi connectivity index (χ3n) is 2.10. The number of carbonyl (C=O) groups is 1. The predicted octanol–water partition coefficient (Wildman–Crippen LogP) is 0.716. The van der Waals surface area contributed by atoms with Crippen molar-refractivity contribution in [2.24, 2.45) is 5.73 Å². The lowest BCUT2D eigenvalue weighted by Crippen LogP contribution is -2.16. The molecular weight excluding hydrogens is 256 g/mol. The van der Waals surface area contributed by atoms with Gasteiger partial charge in [-0.3, -0.25) is 4.79 Å². The molecule has 0 atom stereocenters. The molecule has 0 fully saturated rings. The van der Waals surface area contributed by atoms with Crippen molar-refractivity contribution in [3.63, 3.8) is 0 Å². The van der Waals surface area contributed by atoms with E-state index in [1.165, 1.54) is 25.6 Å². The molecule has 0 aliphatic carbocycles. The molecule has 2 rings (SSSR count). The van der Waals surface area contributed by atoms with Crippen LogP contribution in [-0.2, 0) is 0 Å². The van der Waals surface area contributed by atoms with Crippen LogP contribution in [0.5, 0.6) is 11.8 Å². The Hall–Kier alpha value is -2.22. The van der Waals surface area contributed by atoms with Gasteiger partial charge in [0.25, 0.3) is 5.91 Å². The molecule has 2 N–H and O–H groups in total. The summed E-state index contributed by atoms with van der Waals surface area (Å²) in [6.45, 7) is 0. The Balaban J connectivity index is 2.63. The van der Waals surface area contributed by atoms with E-state index < -0.39 is 5.91 Å². The highest BCUT2D eigenvalue weighted by molar-refractivity contribution is 7.13. The number of carbonyl (C=O) groups excluding carboxylic acids is 1. The fourth-order valence-corrected chi connectivity index (χ4v) is 1.93. The number of rotatable bonds is 4. The van der Waals surface area contributed by atoms with E-state index in [0.717, 1.165) is 0 Å². The lowest BCUT2D eigenvalue weighted by molar-refractivity contribution is 0.0992. The van der Waals surface area contributed by atoms with Crippen LogP contribution in [0, 0.1) is 0 Å². The summed E-state index contributed by atoms with van der Waals surface area (Å²) in [6, 6.07) is 0. The van der Waals surface area contributed by atoms with Crippen molar-refractivity contribution in [2.75, 3.05) is 14.2 Å². The molecule has 0 spiro atoms. The van der Waals surface area contributed by atoms with E-state index in [0.29, 0.717) is 10.8 Å². The summed E-state index contributed by atoms with van der Waals surface area (Å²) in [5.74, 6) is -0.253. The summed E-state index contributed by atoms with van der Waals surface area (Å²) in [5, 5.41) is 2.39. The Kier molecular flexibility index (Phi) is 3.38. The number of methoxy groups -OCH3 is 2. The van der Waals surface area contributed by atoms with Gasteiger partial charge in [0.15, 0.2) is 16.4 Å². The van der Waals surface area contributed by atoms with E-state index in [2.05, 4.69) is 15.0 Å². The topological polar surface area (TPSA) is 100 Å². The minimum atomic E-state index is -0.714. The van der Waals surface area contributed by atoms with E-state index in [1.54, 1.807) is 11.6 Å². The summed E-state index contributed by atoms with van der Waals surface area (Å²) in [6.07, 6.45) is 1.63. The number of primary amides is 1. The minimum Gasteiger partial charge on any atom is -0.480 e. The van der Waals surface area contributed by atoms with Crippen LogP contribution in [0.15, 0.2) is 11.6 Å². The standard InChI is InChI=1S/C10H10N4O3S/c1-16-8-5(6(11)15)9(17-2)14-7(13-8)10-12-3-4-18-10/h3-4H,1-2H3,(H2,11,15). The van der Waals surface area contributed by atoms with Crippen molar-refractivity contribution in [2.45, 2.75) is 0 Å². The van der Waals surface area contributed by atoms with Crippen molar-refractivity contribution < 1.29 is 14.3 Å². The van der Waals surface area contributed by atoms with Gasteiger partial charge < -0.3 is 15.2 Å². The van der Waals surface area contributed by atoms with Gasteiger partial charge in [-0.05, 0) is 0 Å². The summed E-state index contributed by atoms with van der Waals surface area (Å²) >= 11 is 1.37. The van der Waals surface area contributed by atoms with Gasteiger partial charge >= 0.3 is 0 Å². The highest BCUT2D eigenvalue weighted by Crippen LogP contribution is 2.28. The second kappa shape index (κ2) is 4.96. The molecule has 0 aromatic carbocycles. The van der Waals surface area contributed by atoms with Crippen molar-refractivity contribution in [3.8, 4) is 22.6 Å². The van der Waals surface area contributed by atoms with Crippen LogP contribution >= 0.6 is 11.3 Å². The number of nitrogens with two attached hydrogens (primary N) is 1. The molecule has 2 heterocycles. The zero-order valence-corrected chi connectivity index (χ0v) is 10.5. The maximum Gasteiger partial charge on any atom is 0.259 e. The lowest BCUT2D eigenvalue weighted by Gasteiger charge is -2.09. The van der Waals surface area contributed by atoms with Gasteiger partial charge in [0.2, 0.25) is 11.8 Å². The molecule has 8 heteroatoms. The molecule has 0 aliphatic heterocycles. The molecule has 7 nitrogen and oxygen atoms in total. The second-order valence-corrected chi connectivity index (χ2v) is 4.04. The molecule has 2 aromatic heterocycles. The summed E-state index contributed by atoms with van der Waals surface area (Å²) < 4.78 is 10.1. The first kappa shape index (κ1) is 12.2. The molecule has 0 aliphatic rings.